The van der Waals surface area contributed by atoms with Crippen LogP contribution >= 0.6 is 0 Å². The minimum Gasteiger partial charge on any atom is -0.469 e. The molecule has 1 aliphatic carbocycles. The highest BCUT2D eigenvalue weighted by molar-refractivity contribution is 5.66. The average Bonchev–Trinajstić information content (AvgIpc) is 2.88. The molecule has 2 rings (SSSR count). The summed E-state index contributed by atoms with van der Waals surface area (Å²) in [5, 5.41) is 0. The van der Waals surface area contributed by atoms with Crippen molar-refractivity contribution in [3.05, 3.63) is 48.0 Å². The number of ether oxygens (including phenoxy) is 5. The van der Waals surface area contributed by atoms with E-state index in [1.54, 1.807) is 0 Å². The number of hydrogen-bond donors (Lipinski definition) is 0. The Hall–Kier alpha value is -3.20. The second-order valence-corrected chi connectivity index (χ2v) is 11.3. The molecule has 1 aliphatic rings. The monoisotopic (exact) mass is 610 g/mol. The van der Waals surface area contributed by atoms with Crippen LogP contribution in [-0.4, -0.2) is 54.9 Å². The van der Waals surface area contributed by atoms with Crippen molar-refractivity contribution in [2.45, 2.75) is 133 Å². The molecule has 0 N–H and O–H groups in total. The molecular formula is C34H58O9. The minimum absolute atomic E-state index is 0.0255. The van der Waals surface area contributed by atoms with Gasteiger partial charge in [-0.2, -0.15) is 0 Å². The fourth-order valence-corrected chi connectivity index (χ4v) is 2.87. The van der Waals surface area contributed by atoms with E-state index in [1.807, 2.05) is 65.0 Å². The van der Waals surface area contributed by atoms with Crippen LogP contribution in [0.3, 0.4) is 0 Å². The third kappa shape index (κ3) is 38.8. The van der Waals surface area contributed by atoms with Crippen LogP contribution in [0, 0.1) is 5.92 Å². The summed E-state index contributed by atoms with van der Waals surface area (Å²) < 4.78 is 24.2. The van der Waals surface area contributed by atoms with Crippen molar-refractivity contribution >= 4 is 23.9 Å². The van der Waals surface area contributed by atoms with Gasteiger partial charge in [-0.25, -0.2) is 0 Å². The highest BCUT2D eigenvalue weighted by Gasteiger charge is 2.15. The quantitative estimate of drug-likeness (QED) is 0.185. The van der Waals surface area contributed by atoms with E-state index in [0.29, 0.717) is 24.7 Å². The van der Waals surface area contributed by atoms with Crippen molar-refractivity contribution in [3.8, 4) is 0 Å². The number of benzene rings is 1. The number of hydrogen-bond acceptors (Lipinski definition) is 9. The van der Waals surface area contributed by atoms with Gasteiger partial charge in [-0.3, -0.25) is 19.2 Å². The van der Waals surface area contributed by atoms with Crippen molar-refractivity contribution in [2.75, 3.05) is 7.11 Å². The summed E-state index contributed by atoms with van der Waals surface area (Å²) in [6.07, 6.45) is 8.90. The first-order chi connectivity index (χ1) is 19.8. The first-order valence-corrected chi connectivity index (χ1v) is 14.7. The maximum atomic E-state index is 10.4. The van der Waals surface area contributed by atoms with E-state index in [1.165, 1.54) is 47.6 Å². The fraction of sp³-hybridized carbons (Fsp3) is 0.647. The van der Waals surface area contributed by atoms with E-state index < -0.39 is 0 Å². The Morgan fingerprint density at radius 2 is 1.35 bits per heavy atom. The summed E-state index contributed by atoms with van der Waals surface area (Å²) in [6, 6.07) is 9.60. The standard InChI is InChI=1S/C11H20O.C9H10O2.C6H12O2.C5H10O2.C3H6O2/c1-9(2)10(3)12-11-7-5-4-6-8-11;1-8(10)11-7-9-5-3-2-4-6-9;1-5(7)8-6(2,3)4;1-4(2)7-5(3)6;1-3(4)5-2/h4-5,9-11H,6-8H2,1-3H3;2-6H,7H2,1H3;1-4H3;4H,1-3H3;1-2H3. The van der Waals surface area contributed by atoms with Gasteiger partial charge in [-0.1, -0.05) is 56.3 Å². The Balaban J connectivity index is -0.000000481. The number of esters is 4. The normalized spacial score (nSPS) is 14.0. The summed E-state index contributed by atoms with van der Waals surface area (Å²) in [4.78, 5) is 40.3. The largest absolute Gasteiger partial charge is 0.469 e. The van der Waals surface area contributed by atoms with Gasteiger partial charge in [0.1, 0.15) is 12.2 Å². The van der Waals surface area contributed by atoms with Crippen molar-refractivity contribution in [1.29, 1.82) is 0 Å². The van der Waals surface area contributed by atoms with Crippen LogP contribution in [0.2, 0.25) is 0 Å². The molecule has 2 unspecified atom stereocenters. The van der Waals surface area contributed by atoms with Crippen LogP contribution < -0.4 is 0 Å². The van der Waals surface area contributed by atoms with Gasteiger partial charge < -0.3 is 23.7 Å². The van der Waals surface area contributed by atoms with Crippen molar-refractivity contribution in [3.63, 3.8) is 0 Å². The lowest BCUT2D eigenvalue weighted by Crippen LogP contribution is -2.24. The van der Waals surface area contributed by atoms with E-state index in [4.69, 9.17) is 14.2 Å². The van der Waals surface area contributed by atoms with Gasteiger partial charge in [-0.05, 0) is 72.3 Å². The van der Waals surface area contributed by atoms with Gasteiger partial charge in [-0.15, -0.1) is 0 Å². The fourth-order valence-electron chi connectivity index (χ4n) is 2.87. The Labute approximate surface area is 260 Å². The molecule has 2 atom stereocenters. The van der Waals surface area contributed by atoms with E-state index in [9.17, 15) is 19.2 Å². The third-order valence-corrected chi connectivity index (χ3v) is 4.99. The molecule has 43 heavy (non-hydrogen) atoms. The van der Waals surface area contributed by atoms with Crippen LogP contribution in [0.25, 0.3) is 0 Å². The topological polar surface area (TPSA) is 114 Å². The van der Waals surface area contributed by atoms with Crippen LogP contribution in [0.5, 0.6) is 0 Å². The molecule has 0 fully saturated rings. The Morgan fingerprint density at radius 3 is 1.63 bits per heavy atom. The molecule has 1 aromatic rings. The van der Waals surface area contributed by atoms with Crippen molar-refractivity contribution in [1.82, 2.24) is 0 Å². The zero-order valence-corrected chi connectivity index (χ0v) is 28.9. The Bertz CT molecular complexity index is 900. The molecule has 1 aromatic carbocycles. The van der Waals surface area contributed by atoms with Crippen LogP contribution in [-0.2, 0) is 49.5 Å². The minimum atomic E-state index is -0.328. The zero-order valence-electron chi connectivity index (χ0n) is 28.9. The van der Waals surface area contributed by atoms with E-state index in [-0.39, 0.29) is 35.6 Å². The Morgan fingerprint density at radius 1 is 0.814 bits per heavy atom. The molecule has 0 amide bonds. The number of rotatable bonds is 6. The second kappa shape index (κ2) is 26.4. The number of carbonyl (C=O) groups excluding carboxylic acids is 4. The number of methoxy groups -OCH3 is 1. The molecule has 0 aromatic heterocycles. The summed E-state index contributed by atoms with van der Waals surface area (Å²) in [5.41, 5.74) is 0.689. The van der Waals surface area contributed by atoms with Crippen LogP contribution in [0.4, 0.5) is 0 Å². The second-order valence-electron chi connectivity index (χ2n) is 11.3. The van der Waals surface area contributed by atoms with Crippen LogP contribution in [0.1, 0.15) is 108 Å². The average molecular weight is 611 g/mol. The lowest BCUT2D eigenvalue weighted by molar-refractivity contribution is -0.152. The molecule has 9 nitrogen and oxygen atoms in total. The summed E-state index contributed by atoms with van der Waals surface area (Å²) >= 11 is 0. The van der Waals surface area contributed by atoms with E-state index >= 15 is 0 Å². The predicted molar refractivity (Wildman–Crippen MR) is 170 cm³/mol. The first-order valence-electron chi connectivity index (χ1n) is 14.7. The lowest BCUT2D eigenvalue weighted by atomic mass is 10.0. The molecule has 0 bridgehead atoms. The SMILES string of the molecule is CC(=O)OC(C)(C)C.CC(=O)OC(C)C.CC(=O)OCc1ccccc1.CC(C)C(C)OC1CC=CCC1.COC(C)=O. The summed E-state index contributed by atoms with van der Waals surface area (Å²) in [5.74, 6) is -0.290. The highest BCUT2D eigenvalue weighted by Crippen LogP contribution is 2.18. The molecule has 0 spiro atoms. The smallest absolute Gasteiger partial charge is 0.303 e. The van der Waals surface area contributed by atoms with Gasteiger partial charge in [0.25, 0.3) is 0 Å². The van der Waals surface area contributed by atoms with Crippen molar-refractivity contribution in [2.24, 2.45) is 5.92 Å². The maximum absolute atomic E-state index is 10.4. The summed E-state index contributed by atoms with van der Waals surface area (Å²) in [6.45, 7) is 21.7. The first kappa shape index (κ1) is 44.2. The van der Waals surface area contributed by atoms with Crippen LogP contribution in [0.15, 0.2) is 42.5 Å². The Kier molecular flexibility index (Phi) is 27.2. The summed E-state index contributed by atoms with van der Waals surface area (Å²) in [7, 11) is 1.35. The third-order valence-electron chi connectivity index (χ3n) is 4.99. The molecular weight excluding hydrogens is 552 g/mol. The van der Waals surface area contributed by atoms with Gasteiger partial charge in [0.05, 0.1) is 25.4 Å². The van der Waals surface area contributed by atoms with Gasteiger partial charge in [0.2, 0.25) is 0 Å². The molecule has 248 valence electrons. The molecule has 0 radical (unpaired) electrons. The molecule has 0 saturated carbocycles. The van der Waals surface area contributed by atoms with Gasteiger partial charge in [0.15, 0.2) is 0 Å². The van der Waals surface area contributed by atoms with E-state index in [0.717, 1.165) is 12.0 Å². The van der Waals surface area contributed by atoms with Crippen molar-refractivity contribution < 1.29 is 42.9 Å². The maximum Gasteiger partial charge on any atom is 0.303 e. The highest BCUT2D eigenvalue weighted by atomic mass is 16.6. The zero-order chi connectivity index (χ0) is 34.0. The van der Waals surface area contributed by atoms with E-state index in [2.05, 4.69) is 42.4 Å². The molecule has 0 heterocycles. The molecule has 9 heteroatoms. The van der Waals surface area contributed by atoms with Gasteiger partial charge in [0, 0.05) is 27.7 Å². The molecule has 0 saturated heterocycles. The predicted octanol–water partition coefficient (Wildman–Crippen LogP) is 7.39. The molecule has 0 aliphatic heterocycles. The number of carbonyl (C=O) groups is 4. The lowest BCUT2D eigenvalue weighted by Gasteiger charge is -2.25. The van der Waals surface area contributed by atoms with Gasteiger partial charge >= 0.3 is 23.9 Å². The number of allylic oxidation sites excluding steroid dienone is 1.